The van der Waals surface area contributed by atoms with E-state index in [0.29, 0.717) is 12.3 Å². The van der Waals surface area contributed by atoms with Gasteiger partial charge in [-0.05, 0) is 16.9 Å². The Hall–Kier alpha value is -0.160. The predicted molar refractivity (Wildman–Crippen MR) is 53.9 cm³/mol. The Balaban J connectivity index is 3.31. The van der Waals surface area contributed by atoms with E-state index in [9.17, 15) is 12.9 Å². The van der Waals surface area contributed by atoms with Gasteiger partial charge in [0.1, 0.15) is 0 Å². The highest BCUT2D eigenvalue weighted by Gasteiger charge is 2.10. The highest BCUT2D eigenvalue weighted by Crippen LogP contribution is 2.10. The summed E-state index contributed by atoms with van der Waals surface area (Å²) < 4.78 is 35.3. The van der Waals surface area contributed by atoms with Crippen molar-refractivity contribution < 1.29 is 17.3 Å². The van der Waals surface area contributed by atoms with Crippen LogP contribution in [-0.4, -0.2) is 14.2 Å². The summed E-state index contributed by atoms with van der Waals surface area (Å²) in [4.78, 5) is 0. The molecule has 0 radical (unpaired) electrons. The van der Waals surface area contributed by atoms with Crippen molar-refractivity contribution in [1.29, 1.82) is 0 Å². The molecule has 0 bridgehead atoms. The van der Waals surface area contributed by atoms with Crippen LogP contribution in [-0.2, 0) is 14.5 Å². The zero-order valence-corrected chi connectivity index (χ0v) is 9.65. The Bertz CT molecular complexity index is 224. The molecule has 0 fully saturated rings. The molecule has 86 valence electrons. The number of hydrogen-bond acceptors (Lipinski definition) is 3. The van der Waals surface area contributed by atoms with Gasteiger partial charge in [-0.25, -0.2) is 0 Å². The molecule has 0 atom stereocenters. The van der Waals surface area contributed by atoms with Crippen molar-refractivity contribution in [2.24, 2.45) is 5.92 Å². The van der Waals surface area contributed by atoms with Crippen molar-refractivity contribution in [3.05, 3.63) is 0 Å². The van der Waals surface area contributed by atoms with Crippen molar-refractivity contribution in [1.82, 2.24) is 0 Å². The zero-order chi connectivity index (χ0) is 11.0. The van der Waals surface area contributed by atoms with Crippen molar-refractivity contribution in [3.63, 3.8) is 0 Å². The summed E-state index contributed by atoms with van der Waals surface area (Å²) in [7, 11) is -3.89. The summed E-state index contributed by atoms with van der Waals surface area (Å²) in [6.07, 6.45) is 4.56. The van der Waals surface area contributed by atoms with Crippen LogP contribution in [0.2, 0.25) is 0 Å². The van der Waals surface area contributed by atoms with Gasteiger partial charge >= 0.3 is 0 Å². The molecule has 0 aliphatic heterocycles. The normalized spacial score (nSPS) is 12.3. The van der Waals surface area contributed by atoms with E-state index in [1.807, 2.05) is 0 Å². The molecule has 0 aliphatic rings. The molecule has 0 amide bonds. The lowest BCUT2D eigenvalue weighted by Crippen LogP contribution is -2.05. The standard InChI is InChI=1S/C9H19FO3S/c1-9(2)7-5-3-4-6-8-14(11,12)13-10/h9H,3-8H2,1-2H3. The fourth-order valence-corrected chi connectivity index (χ4v) is 1.84. The van der Waals surface area contributed by atoms with Gasteiger partial charge in [-0.2, -0.15) is 8.42 Å². The second-order valence-electron chi connectivity index (χ2n) is 3.92. The molecule has 0 aromatic carbocycles. The lowest BCUT2D eigenvalue weighted by molar-refractivity contribution is 0.00288. The Morgan fingerprint density at radius 2 is 1.71 bits per heavy atom. The maximum Gasteiger partial charge on any atom is 0.297 e. The molecule has 0 N–H and O–H groups in total. The summed E-state index contributed by atoms with van der Waals surface area (Å²) in [5.74, 6) is 0.471. The van der Waals surface area contributed by atoms with Gasteiger partial charge in [-0.15, -0.1) is 0 Å². The largest absolute Gasteiger partial charge is 0.297 e. The van der Waals surface area contributed by atoms with Crippen molar-refractivity contribution in [3.8, 4) is 0 Å². The third kappa shape index (κ3) is 8.44. The zero-order valence-electron chi connectivity index (χ0n) is 8.83. The van der Waals surface area contributed by atoms with Gasteiger partial charge in [0.15, 0.2) is 0 Å². The smallest absolute Gasteiger partial charge is 0.197 e. The summed E-state index contributed by atoms with van der Waals surface area (Å²) in [6.45, 7) is 4.31. The van der Waals surface area contributed by atoms with Crippen molar-refractivity contribution in [2.75, 3.05) is 5.75 Å². The first-order valence-corrected chi connectivity index (χ1v) is 6.58. The van der Waals surface area contributed by atoms with E-state index in [-0.39, 0.29) is 5.75 Å². The lowest BCUT2D eigenvalue weighted by Gasteiger charge is -2.03. The monoisotopic (exact) mass is 226 g/mol. The molecular formula is C9H19FO3S. The van der Waals surface area contributed by atoms with Crippen LogP contribution < -0.4 is 0 Å². The fourth-order valence-electron chi connectivity index (χ4n) is 1.22. The van der Waals surface area contributed by atoms with Crippen LogP contribution in [0.1, 0.15) is 46.0 Å². The van der Waals surface area contributed by atoms with E-state index in [4.69, 9.17) is 0 Å². The summed E-state index contributed by atoms with van der Waals surface area (Å²) in [6, 6.07) is 0. The Morgan fingerprint density at radius 3 is 2.21 bits per heavy atom. The first-order chi connectivity index (χ1) is 6.48. The van der Waals surface area contributed by atoms with Crippen LogP contribution in [0, 0.1) is 5.92 Å². The molecule has 0 heterocycles. The lowest BCUT2D eigenvalue weighted by atomic mass is 10.0. The Labute approximate surface area is 85.7 Å². The second-order valence-corrected chi connectivity index (χ2v) is 5.57. The highest BCUT2D eigenvalue weighted by atomic mass is 32.2. The minimum atomic E-state index is -3.89. The Morgan fingerprint density at radius 1 is 1.14 bits per heavy atom. The average Bonchev–Trinajstić information content (AvgIpc) is 2.10. The van der Waals surface area contributed by atoms with E-state index in [1.54, 1.807) is 0 Å². The number of hydrogen-bond donors (Lipinski definition) is 0. The minimum Gasteiger partial charge on any atom is -0.197 e. The first kappa shape index (κ1) is 13.8. The summed E-state index contributed by atoms with van der Waals surface area (Å²) in [5, 5.41) is 0. The van der Waals surface area contributed by atoms with Gasteiger partial charge in [0.2, 0.25) is 0 Å². The van der Waals surface area contributed by atoms with Crippen LogP contribution in [0.4, 0.5) is 4.53 Å². The molecule has 0 unspecified atom stereocenters. The van der Waals surface area contributed by atoms with E-state index in [2.05, 4.69) is 18.2 Å². The van der Waals surface area contributed by atoms with E-state index in [1.165, 1.54) is 0 Å². The van der Waals surface area contributed by atoms with Gasteiger partial charge in [-0.3, -0.25) is 0 Å². The molecule has 0 aromatic heterocycles. The van der Waals surface area contributed by atoms with Crippen LogP contribution in [0.3, 0.4) is 0 Å². The highest BCUT2D eigenvalue weighted by molar-refractivity contribution is 7.86. The predicted octanol–water partition coefficient (Wildman–Crippen LogP) is 2.82. The van der Waals surface area contributed by atoms with Crippen LogP contribution in [0.5, 0.6) is 0 Å². The molecule has 0 aromatic rings. The molecule has 14 heavy (non-hydrogen) atoms. The van der Waals surface area contributed by atoms with Crippen LogP contribution in [0.25, 0.3) is 0 Å². The number of halogens is 1. The third-order valence-corrected chi connectivity index (χ3v) is 3.00. The molecule has 5 heteroatoms. The molecule has 0 rings (SSSR count). The van der Waals surface area contributed by atoms with Crippen LogP contribution in [0.15, 0.2) is 0 Å². The number of unbranched alkanes of at least 4 members (excludes halogenated alkanes) is 3. The molecule has 0 spiro atoms. The maximum atomic E-state index is 11.4. The Kier molecular flexibility index (Phi) is 7.09. The van der Waals surface area contributed by atoms with E-state index >= 15 is 0 Å². The molecule has 0 saturated carbocycles. The van der Waals surface area contributed by atoms with E-state index in [0.717, 1.165) is 25.7 Å². The molecule has 0 aliphatic carbocycles. The van der Waals surface area contributed by atoms with Gasteiger partial charge in [0.05, 0.1) is 5.75 Å². The number of rotatable bonds is 8. The van der Waals surface area contributed by atoms with Gasteiger partial charge in [0.25, 0.3) is 10.1 Å². The van der Waals surface area contributed by atoms with Gasteiger partial charge < -0.3 is 0 Å². The molecular weight excluding hydrogens is 207 g/mol. The third-order valence-electron chi connectivity index (χ3n) is 2.02. The fraction of sp³-hybridized carbons (Fsp3) is 1.00. The topological polar surface area (TPSA) is 43.4 Å². The van der Waals surface area contributed by atoms with Crippen molar-refractivity contribution >= 4 is 10.1 Å². The minimum absolute atomic E-state index is 0.217. The van der Waals surface area contributed by atoms with Gasteiger partial charge in [0, 0.05) is 0 Å². The first-order valence-electron chi connectivity index (χ1n) is 5.01. The van der Waals surface area contributed by atoms with Crippen molar-refractivity contribution in [2.45, 2.75) is 46.0 Å². The average molecular weight is 226 g/mol. The second kappa shape index (κ2) is 7.17. The van der Waals surface area contributed by atoms with Gasteiger partial charge in [-0.1, -0.05) is 43.9 Å². The summed E-state index contributed by atoms with van der Waals surface area (Å²) >= 11 is 0. The van der Waals surface area contributed by atoms with Crippen LogP contribution >= 0.6 is 0 Å². The quantitative estimate of drug-likeness (QED) is 0.598. The molecule has 3 nitrogen and oxygen atoms in total. The molecule has 0 saturated heterocycles. The maximum absolute atomic E-state index is 11.4. The summed E-state index contributed by atoms with van der Waals surface area (Å²) in [5.41, 5.74) is 0. The SMILES string of the molecule is CC(C)CCCCCCS(=O)(=O)OF. The van der Waals surface area contributed by atoms with E-state index < -0.39 is 10.1 Å².